The van der Waals surface area contributed by atoms with E-state index < -0.39 is 11.5 Å². The molecule has 0 unspecified atom stereocenters. The van der Waals surface area contributed by atoms with Crippen LogP contribution in [0.1, 0.15) is 40.4 Å². The maximum Gasteiger partial charge on any atom is 0.349 e. The molecule has 0 saturated heterocycles. The van der Waals surface area contributed by atoms with Gasteiger partial charge in [0.05, 0.1) is 7.11 Å². The minimum Gasteiger partial charge on any atom is -0.496 e. The number of ether oxygens (including phenoxy) is 1. The highest BCUT2D eigenvalue weighted by Gasteiger charge is 2.17. The summed E-state index contributed by atoms with van der Waals surface area (Å²) in [6.07, 6.45) is 1.58. The van der Waals surface area contributed by atoms with Gasteiger partial charge in [0.25, 0.3) is 5.91 Å². The highest BCUT2D eigenvalue weighted by Crippen LogP contribution is 2.29. The average molecular weight is 380 g/mol. The van der Waals surface area contributed by atoms with E-state index in [1.807, 2.05) is 32.0 Å². The lowest BCUT2D eigenvalue weighted by molar-refractivity contribution is 0.102. The van der Waals surface area contributed by atoms with Crippen LogP contribution in [-0.2, 0) is 13.0 Å². The number of amides is 1. The van der Waals surface area contributed by atoms with Crippen molar-refractivity contribution in [1.29, 1.82) is 0 Å². The SMILES string of the molecule is CCCc1c(OC)ccc2cc(C(=O)Nc3ccc(CN)c(C)c3)c(=O)oc12. The van der Waals surface area contributed by atoms with Crippen LogP contribution in [0, 0.1) is 6.92 Å². The number of anilines is 1. The Morgan fingerprint density at radius 2 is 2.00 bits per heavy atom. The van der Waals surface area contributed by atoms with Crippen molar-refractivity contribution in [3.8, 4) is 5.75 Å². The van der Waals surface area contributed by atoms with Crippen LogP contribution in [0.3, 0.4) is 0 Å². The predicted molar refractivity (Wildman–Crippen MR) is 110 cm³/mol. The minimum atomic E-state index is -0.675. The number of fused-ring (bicyclic) bond motifs is 1. The van der Waals surface area contributed by atoms with Gasteiger partial charge in [-0.1, -0.05) is 19.4 Å². The van der Waals surface area contributed by atoms with Crippen LogP contribution < -0.4 is 21.4 Å². The van der Waals surface area contributed by atoms with E-state index in [-0.39, 0.29) is 5.56 Å². The molecule has 0 aliphatic carbocycles. The molecule has 28 heavy (non-hydrogen) atoms. The normalized spacial score (nSPS) is 10.9. The Labute approximate surface area is 163 Å². The third-order valence-corrected chi connectivity index (χ3v) is 4.75. The first kappa shape index (κ1) is 19.6. The number of hydrogen-bond donors (Lipinski definition) is 2. The molecule has 3 rings (SSSR count). The molecule has 146 valence electrons. The van der Waals surface area contributed by atoms with Crippen molar-refractivity contribution in [2.45, 2.75) is 33.2 Å². The van der Waals surface area contributed by atoms with Crippen LogP contribution in [-0.4, -0.2) is 13.0 Å². The second kappa shape index (κ2) is 8.27. The third kappa shape index (κ3) is 3.77. The second-order valence-electron chi connectivity index (χ2n) is 6.66. The first-order valence-corrected chi connectivity index (χ1v) is 9.23. The Kier molecular flexibility index (Phi) is 5.80. The van der Waals surface area contributed by atoms with Gasteiger partial charge in [0, 0.05) is 23.2 Å². The van der Waals surface area contributed by atoms with E-state index in [0.29, 0.717) is 35.4 Å². The molecule has 6 nitrogen and oxygen atoms in total. The van der Waals surface area contributed by atoms with Crippen molar-refractivity contribution in [3.63, 3.8) is 0 Å². The molecule has 0 atom stereocenters. The molecule has 0 fully saturated rings. The molecule has 3 N–H and O–H groups in total. The molecule has 1 heterocycles. The molecular formula is C22H24N2O4. The molecule has 6 heteroatoms. The van der Waals surface area contributed by atoms with Crippen LogP contribution in [0.15, 0.2) is 45.6 Å². The fourth-order valence-corrected chi connectivity index (χ4v) is 3.26. The van der Waals surface area contributed by atoms with Crippen molar-refractivity contribution >= 4 is 22.6 Å². The van der Waals surface area contributed by atoms with Crippen LogP contribution in [0.2, 0.25) is 0 Å². The minimum absolute atomic E-state index is 0.0410. The topological polar surface area (TPSA) is 94.6 Å². The fourth-order valence-electron chi connectivity index (χ4n) is 3.26. The smallest absolute Gasteiger partial charge is 0.349 e. The number of carbonyl (C=O) groups excluding carboxylic acids is 1. The zero-order chi connectivity index (χ0) is 20.3. The molecule has 0 aliphatic rings. The largest absolute Gasteiger partial charge is 0.496 e. The van der Waals surface area contributed by atoms with E-state index in [4.69, 9.17) is 14.9 Å². The van der Waals surface area contributed by atoms with Gasteiger partial charge >= 0.3 is 5.63 Å². The first-order valence-electron chi connectivity index (χ1n) is 9.23. The Hall–Kier alpha value is -3.12. The lowest BCUT2D eigenvalue weighted by atomic mass is 10.0. The van der Waals surface area contributed by atoms with Crippen molar-refractivity contribution < 1.29 is 13.9 Å². The monoisotopic (exact) mass is 380 g/mol. The van der Waals surface area contributed by atoms with Gasteiger partial charge in [0.15, 0.2) is 0 Å². The van der Waals surface area contributed by atoms with Gasteiger partial charge in [-0.3, -0.25) is 4.79 Å². The molecule has 0 saturated carbocycles. The first-order chi connectivity index (χ1) is 13.5. The van der Waals surface area contributed by atoms with E-state index in [0.717, 1.165) is 23.1 Å². The molecule has 3 aromatic rings. The zero-order valence-corrected chi connectivity index (χ0v) is 16.3. The molecule has 1 amide bonds. The quantitative estimate of drug-likeness (QED) is 0.635. The summed E-state index contributed by atoms with van der Waals surface area (Å²) >= 11 is 0. The summed E-state index contributed by atoms with van der Waals surface area (Å²) in [5.41, 5.74) is 8.82. The van der Waals surface area contributed by atoms with Crippen molar-refractivity contribution in [2.24, 2.45) is 5.73 Å². The maximum absolute atomic E-state index is 12.7. The molecule has 2 aromatic carbocycles. The molecular weight excluding hydrogens is 356 g/mol. The third-order valence-electron chi connectivity index (χ3n) is 4.75. The lowest BCUT2D eigenvalue weighted by Crippen LogP contribution is -2.21. The fraction of sp³-hybridized carbons (Fsp3) is 0.273. The predicted octanol–water partition coefficient (Wildman–Crippen LogP) is 3.77. The summed E-state index contributed by atoms with van der Waals surface area (Å²) in [4.78, 5) is 25.2. The highest BCUT2D eigenvalue weighted by molar-refractivity contribution is 6.05. The van der Waals surface area contributed by atoms with E-state index in [1.54, 1.807) is 25.3 Å². The molecule has 0 bridgehead atoms. The summed E-state index contributed by atoms with van der Waals surface area (Å²) in [6.45, 7) is 4.39. The number of nitrogens with two attached hydrogens (primary N) is 1. The number of nitrogens with one attached hydrogen (secondary N) is 1. The van der Waals surface area contributed by atoms with Gasteiger partial charge in [-0.2, -0.15) is 0 Å². The standard InChI is InChI=1S/C22H24N2O4/c1-4-5-17-19(27-3)9-7-14-11-18(22(26)28-20(14)17)21(25)24-16-8-6-15(12-23)13(2)10-16/h6-11H,4-5,12,23H2,1-3H3,(H,24,25). The summed E-state index contributed by atoms with van der Waals surface area (Å²) in [5.74, 6) is 0.161. The number of benzene rings is 2. The number of rotatable bonds is 6. The van der Waals surface area contributed by atoms with Gasteiger partial charge in [-0.05, 0) is 54.8 Å². The highest BCUT2D eigenvalue weighted by atomic mass is 16.5. The number of methoxy groups -OCH3 is 1. The van der Waals surface area contributed by atoms with Crippen LogP contribution in [0.5, 0.6) is 5.75 Å². The number of aryl methyl sites for hydroxylation is 2. The summed E-state index contributed by atoms with van der Waals surface area (Å²) in [6, 6.07) is 10.6. The molecule has 1 aromatic heterocycles. The summed E-state index contributed by atoms with van der Waals surface area (Å²) < 4.78 is 10.9. The summed E-state index contributed by atoms with van der Waals surface area (Å²) in [7, 11) is 1.58. The van der Waals surface area contributed by atoms with Gasteiger partial charge in [0.2, 0.25) is 0 Å². The van der Waals surface area contributed by atoms with Crippen molar-refractivity contribution in [2.75, 3.05) is 12.4 Å². The van der Waals surface area contributed by atoms with E-state index in [9.17, 15) is 9.59 Å². The molecule has 0 spiro atoms. The maximum atomic E-state index is 12.7. The Morgan fingerprint density at radius 1 is 1.21 bits per heavy atom. The Morgan fingerprint density at radius 3 is 2.64 bits per heavy atom. The summed E-state index contributed by atoms with van der Waals surface area (Å²) in [5, 5.41) is 3.44. The van der Waals surface area contributed by atoms with Crippen molar-refractivity contribution in [3.05, 3.63) is 69.1 Å². The van der Waals surface area contributed by atoms with Crippen LogP contribution in [0.4, 0.5) is 5.69 Å². The average Bonchev–Trinajstić information content (AvgIpc) is 2.68. The Balaban J connectivity index is 1.99. The van der Waals surface area contributed by atoms with E-state index >= 15 is 0 Å². The number of hydrogen-bond acceptors (Lipinski definition) is 5. The van der Waals surface area contributed by atoms with Crippen LogP contribution >= 0.6 is 0 Å². The van der Waals surface area contributed by atoms with Gasteiger partial charge in [0.1, 0.15) is 16.9 Å². The van der Waals surface area contributed by atoms with E-state index in [2.05, 4.69) is 5.32 Å². The van der Waals surface area contributed by atoms with Gasteiger partial charge < -0.3 is 20.2 Å². The van der Waals surface area contributed by atoms with Gasteiger partial charge in [-0.15, -0.1) is 0 Å². The molecule has 0 aliphatic heterocycles. The van der Waals surface area contributed by atoms with E-state index in [1.165, 1.54) is 0 Å². The van der Waals surface area contributed by atoms with Crippen LogP contribution in [0.25, 0.3) is 11.0 Å². The zero-order valence-electron chi connectivity index (χ0n) is 16.3. The Bertz CT molecular complexity index is 1090. The molecule has 0 radical (unpaired) electrons. The lowest BCUT2D eigenvalue weighted by Gasteiger charge is -2.11. The number of carbonyl (C=O) groups is 1. The second-order valence-corrected chi connectivity index (χ2v) is 6.66. The van der Waals surface area contributed by atoms with Crippen molar-refractivity contribution in [1.82, 2.24) is 0 Å². The van der Waals surface area contributed by atoms with Gasteiger partial charge in [-0.25, -0.2) is 4.79 Å².